The van der Waals surface area contributed by atoms with Gasteiger partial charge in [-0.3, -0.25) is 9.69 Å². The molecule has 2 aromatic carbocycles. The zero-order valence-corrected chi connectivity index (χ0v) is 16.6. The van der Waals surface area contributed by atoms with Crippen molar-refractivity contribution >= 4 is 27.5 Å². The van der Waals surface area contributed by atoms with Crippen LogP contribution in [-0.2, 0) is 11.2 Å². The first kappa shape index (κ1) is 19.3. The smallest absolute Gasteiger partial charge is 0.234 e. The highest BCUT2D eigenvalue weighted by atomic mass is 32.1. The molecule has 3 rings (SSSR count). The summed E-state index contributed by atoms with van der Waals surface area (Å²) in [6.07, 6.45) is 0.755. The first-order valence-electron chi connectivity index (χ1n) is 9.09. The quantitative estimate of drug-likeness (QED) is 0.616. The summed E-state index contributed by atoms with van der Waals surface area (Å²) in [5.74, 6) is 0.878. The van der Waals surface area contributed by atoms with Gasteiger partial charge in [-0.25, -0.2) is 4.98 Å². The second-order valence-corrected chi connectivity index (χ2v) is 7.69. The minimum atomic E-state index is 0.0222. The average Bonchev–Trinajstić information content (AvgIpc) is 3.06. The Bertz CT molecular complexity index is 844. The molecule has 0 saturated carbocycles. The number of nitrogens with zero attached hydrogens (tertiary/aromatic N) is 2. The highest BCUT2D eigenvalue weighted by molar-refractivity contribution is 7.18. The van der Waals surface area contributed by atoms with Crippen molar-refractivity contribution in [2.45, 2.75) is 13.3 Å². The number of rotatable bonds is 9. The number of aromatic nitrogens is 1. The molecule has 0 atom stereocenters. The molecule has 0 saturated heterocycles. The van der Waals surface area contributed by atoms with Crippen molar-refractivity contribution in [2.24, 2.45) is 0 Å². The fourth-order valence-corrected chi connectivity index (χ4v) is 3.64. The second kappa shape index (κ2) is 9.48. The number of aryl methyl sites for hydroxylation is 1. The van der Waals surface area contributed by atoms with E-state index in [1.54, 1.807) is 11.3 Å². The van der Waals surface area contributed by atoms with Crippen LogP contribution in [0.3, 0.4) is 0 Å². The molecular weight excluding hydrogens is 358 g/mol. The van der Waals surface area contributed by atoms with Gasteiger partial charge in [0.2, 0.25) is 5.91 Å². The highest BCUT2D eigenvalue weighted by Gasteiger charge is 2.08. The molecule has 0 spiro atoms. The van der Waals surface area contributed by atoms with E-state index in [0.717, 1.165) is 22.7 Å². The molecule has 0 aliphatic rings. The van der Waals surface area contributed by atoms with Crippen molar-refractivity contribution in [1.29, 1.82) is 0 Å². The van der Waals surface area contributed by atoms with Gasteiger partial charge in [-0.15, -0.1) is 11.3 Å². The van der Waals surface area contributed by atoms with E-state index in [0.29, 0.717) is 26.2 Å². The minimum absolute atomic E-state index is 0.0222. The number of ether oxygens (including phenoxy) is 1. The minimum Gasteiger partial charge on any atom is -0.492 e. The van der Waals surface area contributed by atoms with Crippen molar-refractivity contribution in [3.8, 4) is 5.75 Å². The van der Waals surface area contributed by atoms with Crippen LogP contribution in [0.15, 0.2) is 48.5 Å². The first-order chi connectivity index (χ1) is 13.1. The summed E-state index contributed by atoms with van der Waals surface area (Å²) < 4.78 is 6.89. The predicted octanol–water partition coefficient (Wildman–Crippen LogP) is 3.27. The van der Waals surface area contributed by atoms with E-state index in [4.69, 9.17) is 4.74 Å². The van der Waals surface area contributed by atoms with E-state index >= 15 is 0 Å². The normalized spacial score (nSPS) is 11.1. The maximum atomic E-state index is 12.1. The fourth-order valence-electron chi connectivity index (χ4n) is 2.67. The summed E-state index contributed by atoms with van der Waals surface area (Å²) in [5, 5.41) is 4.02. The zero-order valence-electron chi connectivity index (χ0n) is 15.8. The lowest BCUT2D eigenvalue weighted by molar-refractivity contribution is -0.121. The number of para-hydroxylation sites is 1. The van der Waals surface area contributed by atoms with Crippen LogP contribution < -0.4 is 10.1 Å². The van der Waals surface area contributed by atoms with Crippen molar-refractivity contribution in [2.75, 3.05) is 33.3 Å². The van der Waals surface area contributed by atoms with Crippen molar-refractivity contribution in [3.05, 3.63) is 59.1 Å². The maximum Gasteiger partial charge on any atom is 0.234 e. The summed E-state index contributed by atoms with van der Waals surface area (Å²) in [6.45, 7) is 4.26. The molecule has 0 fully saturated rings. The number of amides is 1. The molecule has 0 unspecified atom stereocenters. The fraction of sp³-hybridized carbons (Fsp3) is 0.333. The SMILES string of the molecule is Cc1ccc(OCCN(C)CC(=O)NCCc2nc3ccccc3s2)cc1. The summed E-state index contributed by atoms with van der Waals surface area (Å²) >= 11 is 1.68. The lowest BCUT2D eigenvalue weighted by Gasteiger charge is -2.16. The Kier molecular flexibility index (Phi) is 6.79. The topological polar surface area (TPSA) is 54.5 Å². The Morgan fingerprint density at radius 3 is 2.74 bits per heavy atom. The van der Waals surface area contributed by atoms with Gasteiger partial charge in [0.1, 0.15) is 12.4 Å². The van der Waals surface area contributed by atoms with Crippen molar-refractivity contribution in [1.82, 2.24) is 15.2 Å². The Morgan fingerprint density at radius 2 is 1.96 bits per heavy atom. The number of hydrogen-bond acceptors (Lipinski definition) is 5. The molecule has 0 aliphatic heterocycles. The van der Waals surface area contributed by atoms with Gasteiger partial charge in [0.25, 0.3) is 0 Å². The highest BCUT2D eigenvalue weighted by Crippen LogP contribution is 2.21. The van der Waals surface area contributed by atoms with Crippen molar-refractivity contribution in [3.63, 3.8) is 0 Å². The third-order valence-corrected chi connectivity index (χ3v) is 5.27. The lowest BCUT2D eigenvalue weighted by Crippen LogP contribution is -2.37. The standard InChI is InChI=1S/C21H25N3O2S/c1-16-7-9-17(10-8-16)26-14-13-24(2)15-20(25)22-12-11-21-23-18-5-3-4-6-19(18)27-21/h3-10H,11-15H2,1-2H3,(H,22,25). The van der Waals surface area contributed by atoms with Crippen LogP contribution >= 0.6 is 11.3 Å². The third-order valence-electron chi connectivity index (χ3n) is 4.18. The van der Waals surface area contributed by atoms with E-state index in [1.165, 1.54) is 10.3 Å². The molecule has 6 heteroatoms. The molecule has 1 amide bonds. The van der Waals surface area contributed by atoms with E-state index in [1.807, 2.05) is 61.3 Å². The number of benzene rings is 2. The molecule has 0 radical (unpaired) electrons. The molecule has 5 nitrogen and oxygen atoms in total. The number of carbonyl (C=O) groups is 1. The van der Waals surface area contributed by atoms with E-state index in [2.05, 4.69) is 16.4 Å². The van der Waals surface area contributed by atoms with Gasteiger partial charge in [0.15, 0.2) is 0 Å². The molecule has 0 bridgehead atoms. The molecule has 27 heavy (non-hydrogen) atoms. The van der Waals surface area contributed by atoms with Crippen LogP contribution in [0.4, 0.5) is 0 Å². The molecule has 3 aromatic rings. The molecule has 1 N–H and O–H groups in total. The lowest BCUT2D eigenvalue weighted by atomic mass is 10.2. The monoisotopic (exact) mass is 383 g/mol. The molecular formula is C21H25N3O2S. The van der Waals surface area contributed by atoms with Crippen LogP contribution in [0.2, 0.25) is 0 Å². The summed E-state index contributed by atoms with van der Waals surface area (Å²) in [7, 11) is 1.92. The van der Waals surface area contributed by atoms with Crippen LogP contribution in [-0.4, -0.2) is 49.1 Å². The number of thiazole rings is 1. The predicted molar refractivity (Wildman–Crippen MR) is 111 cm³/mol. The van der Waals surface area contributed by atoms with Gasteiger partial charge in [0.05, 0.1) is 21.8 Å². The zero-order chi connectivity index (χ0) is 19.1. The van der Waals surface area contributed by atoms with Crippen LogP contribution in [0, 0.1) is 6.92 Å². The number of nitrogens with one attached hydrogen (secondary N) is 1. The average molecular weight is 384 g/mol. The Morgan fingerprint density at radius 1 is 1.19 bits per heavy atom. The maximum absolute atomic E-state index is 12.1. The molecule has 1 heterocycles. The molecule has 0 aliphatic carbocycles. The van der Waals surface area contributed by atoms with Gasteiger partial charge in [0, 0.05) is 19.5 Å². The number of fused-ring (bicyclic) bond motifs is 1. The molecule has 142 valence electrons. The Balaban J connectivity index is 1.32. The summed E-state index contributed by atoms with van der Waals surface area (Å²) in [5.41, 5.74) is 2.24. The third kappa shape index (κ3) is 6.05. The summed E-state index contributed by atoms with van der Waals surface area (Å²) in [6, 6.07) is 16.1. The van der Waals surface area contributed by atoms with E-state index in [-0.39, 0.29) is 5.91 Å². The Labute approximate surface area is 164 Å². The van der Waals surface area contributed by atoms with Crippen LogP contribution in [0.5, 0.6) is 5.75 Å². The van der Waals surface area contributed by atoms with E-state index in [9.17, 15) is 4.79 Å². The van der Waals surface area contributed by atoms with Crippen LogP contribution in [0.1, 0.15) is 10.6 Å². The van der Waals surface area contributed by atoms with Gasteiger partial charge in [-0.05, 0) is 38.2 Å². The number of hydrogen-bond donors (Lipinski definition) is 1. The largest absolute Gasteiger partial charge is 0.492 e. The Hall–Kier alpha value is -2.44. The van der Waals surface area contributed by atoms with Crippen molar-refractivity contribution < 1.29 is 9.53 Å². The van der Waals surface area contributed by atoms with Gasteiger partial charge >= 0.3 is 0 Å². The van der Waals surface area contributed by atoms with Gasteiger partial charge < -0.3 is 10.1 Å². The van der Waals surface area contributed by atoms with Crippen LogP contribution in [0.25, 0.3) is 10.2 Å². The van der Waals surface area contributed by atoms with E-state index < -0.39 is 0 Å². The van der Waals surface area contributed by atoms with Gasteiger partial charge in [-0.2, -0.15) is 0 Å². The number of carbonyl (C=O) groups excluding carboxylic acids is 1. The summed E-state index contributed by atoms with van der Waals surface area (Å²) in [4.78, 5) is 18.6. The first-order valence-corrected chi connectivity index (χ1v) is 9.91. The molecule has 1 aromatic heterocycles. The number of likely N-dealkylation sites (N-methyl/N-ethyl adjacent to an activating group) is 1. The van der Waals surface area contributed by atoms with Gasteiger partial charge in [-0.1, -0.05) is 29.8 Å². The second-order valence-electron chi connectivity index (χ2n) is 6.57.